The Morgan fingerprint density at radius 3 is 2.43 bits per heavy atom. The Bertz CT molecular complexity index is 1110. The SMILES string of the molecule is COC(=O)Cn1c(=NC(=O)c2ccc(C(C)(C)C)cc2)sc2cc(F)ccc21. The molecule has 0 aliphatic rings. The zero-order valence-electron chi connectivity index (χ0n) is 16.2. The summed E-state index contributed by atoms with van der Waals surface area (Å²) in [7, 11) is 1.29. The lowest BCUT2D eigenvalue weighted by Gasteiger charge is -2.18. The number of methoxy groups -OCH3 is 1. The van der Waals surface area contributed by atoms with Crippen LogP contribution in [0.1, 0.15) is 36.7 Å². The minimum absolute atomic E-state index is 0.0161. The van der Waals surface area contributed by atoms with Gasteiger partial charge in [-0.3, -0.25) is 9.59 Å². The van der Waals surface area contributed by atoms with Gasteiger partial charge in [-0.05, 0) is 41.3 Å². The highest BCUT2D eigenvalue weighted by molar-refractivity contribution is 7.16. The summed E-state index contributed by atoms with van der Waals surface area (Å²) in [6.45, 7) is 6.18. The molecular weight excluding hydrogens is 379 g/mol. The molecule has 0 fully saturated rings. The second kappa shape index (κ2) is 7.67. The summed E-state index contributed by atoms with van der Waals surface area (Å²) in [5.41, 5.74) is 2.16. The summed E-state index contributed by atoms with van der Waals surface area (Å²) >= 11 is 1.15. The Labute approximate surface area is 166 Å². The van der Waals surface area contributed by atoms with E-state index in [-0.39, 0.29) is 12.0 Å². The topological polar surface area (TPSA) is 60.7 Å². The number of fused-ring (bicyclic) bond motifs is 1. The van der Waals surface area contributed by atoms with E-state index in [9.17, 15) is 14.0 Å². The molecule has 3 rings (SSSR count). The number of halogens is 1. The van der Waals surface area contributed by atoms with E-state index in [0.29, 0.717) is 20.6 Å². The number of amides is 1. The zero-order valence-corrected chi connectivity index (χ0v) is 17.0. The number of ether oxygens (including phenoxy) is 1. The smallest absolute Gasteiger partial charge is 0.325 e. The number of carbonyl (C=O) groups is 2. The van der Waals surface area contributed by atoms with E-state index in [4.69, 9.17) is 4.74 Å². The molecule has 2 aromatic carbocycles. The minimum atomic E-state index is -0.479. The van der Waals surface area contributed by atoms with Gasteiger partial charge in [0.15, 0.2) is 4.80 Å². The van der Waals surface area contributed by atoms with Gasteiger partial charge in [-0.15, -0.1) is 0 Å². The summed E-state index contributed by atoms with van der Waals surface area (Å²) < 4.78 is 20.5. The molecule has 0 saturated heterocycles. The molecule has 7 heteroatoms. The van der Waals surface area contributed by atoms with Crippen LogP contribution in [0.4, 0.5) is 4.39 Å². The van der Waals surface area contributed by atoms with Gasteiger partial charge >= 0.3 is 5.97 Å². The minimum Gasteiger partial charge on any atom is -0.468 e. The number of carbonyl (C=O) groups excluding carboxylic acids is 2. The van der Waals surface area contributed by atoms with Gasteiger partial charge in [0.05, 0.1) is 17.3 Å². The number of aromatic nitrogens is 1. The van der Waals surface area contributed by atoms with Gasteiger partial charge in [0.25, 0.3) is 5.91 Å². The Morgan fingerprint density at radius 2 is 1.82 bits per heavy atom. The molecular formula is C21H21FN2O3S. The first kappa shape index (κ1) is 19.9. The third kappa shape index (κ3) is 4.20. The van der Waals surface area contributed by atoms with Crippen molar-refractivity contribution in [2.24, 2.45) is 4.99 Å². The Balaban J connectivity index is 2.06. The predicted molar refractivity (Wildman–Crippen MR) is 107 cm³/mol. The molecule has 0 bridgehead atoms. The van der Waals surface area contributed by atoms with Gasteiger partial charge < -0.3 is 9.30 Å². The van der Waals surface area contributed by atoms with Crippen LogP contribution < -0.4 is 4.80 Å². The molecule has 0 atom stereocenters. The van der Waals surface area contributed by atoms with Crippen LogP contribution in [0.25, 0.3) is 10.2 Å². The highest BCUT2D eigenvalue weighted by Gasteiger charge is 2.15. The maximum Gasteiger partial charge on any atom is 0.325 e. The largest absolute Gasteiger partial charge is 0.468 e. The fourth-order valence-electron chi connectivity index (χ4n) is 2.74. The van der Waals surface area contributed by atoms with E-state index in [0.717, 1.165) is 16.9 Å². The van der Waals surface area contributed by atoms with Gasteiger partial charge in [0.1, 0.15) is 12.4 Å². The third-order valence-electron chi connectivity index (χ3n) is 4.35. The summed E-state index contributed by atoms with van der Waals surface area (Å²) in [5.74, 6) is -1.30. The molecule has 0 radical (unpaired) electrons. The molecule has 0 unspecified atom stereocenters. The summed E-state index contributed by atoms with van der Waals surface area (Å²) in [4.78, 5) is 29.0. The van der Waals surface area contributed by atoms with E-state index < -0.39 is 17.7 Å². The standard InChI is InChI=1S/C21H21FN2O3S/c1-21(2,3)14-7-5-13(6-8-14)19(26)23-20-24(12-18(25)27-4)16-10-9-15(22)11-17(16)28-20/h5-11H,12H2,1-4H3. The number of hydrogen-bond donors (Lipinski definition) is 0. The van der Waals surface area contributed by atoms with E-state index >= 15 is 0 Å². The molecule has 0 aliphatic carbocycles. The monoisotopic (exact) mass is 400 g/mol. The van der Waals surface area contributed by atoms with E-state index in [1.165, 1.54) is 19.2 Å². The second-order valence-corrected chi connectivity index (χ2v) is 8.41. The van der Waals surface area contributed by atoms with Gasteiger partial charge in [0.2, 0.25) is 0 Å². The molecule has 1 aromatic heterocycles. The molecule has 0 saturated carbocycles. The van der Waals surface area contributed by atoms with E-state index in [2.05, 4.69) is 25.8 Å². The molecule has 0 N–H and O–H groups in total. The van der Waals surface area contributed by atoms with Gasteiger partial charge in [0, 0.05) is 5.56 Å². The van der Waals surface area contributed by atoms with Crippen molar-refractivity contribution in [3.8, 4) is 0 Å². The van der Waals surface area contributed by atoms with Crippen molar-refractivity contribution in [1.82, 2.24) is 4.57 Å². The van der Waals surface area contributed by atoms with Crippen LogP contribution in [0.2, 0.25) is 0 Å². The number of benzene rings is 2. The lowest BCUT2D eigenvalue weighted by Crippen LogP contribution is -2.22. The van der Waals surface area contributed by atoms with Gasteiger partial charge in [-0.2, -0.15) is 4.99 Å². The predicted octanol–water partition coefficient (Wildman–Crippen LogP) is 4.05. The van der Waals surface area contributed by atoms with Crippen molar-refractivity contribution in [3.63, 3.8) is 0 Å². The Hall–Kier alpha value is -2.80. The van der Waals surface area contributed by atoms with Crippen LogP contribution in [0.3, 0.4) is 0 Å². The molecule has 1 amide bonds. The number of hydrogen-bond acceptors (Lipinski definition) is 4. The van der Waals surface area contributed by atoms with Gasteiger partial charge in [-0.25, -0.2) is 4.39 Å². The van der Waals surface area contributed by atoms with Crippen LogP contribution in [-0.4, -0.2) is 23.6 Å². The van der Waals surface area contributed by atoms with E-state index in [1.807, 2.05) is 12.1 Å². The van der Waals surface area contributed by atoms with Crippen molar-refractivity contribution < 1.29 is 18.7 Å². The number of esters is 1. The van der Waals surface area contributed by atoms with Gasteiger partial charge in [-0.1, -0.05) is 44.2 Å². The average Bonchev–Trinajstić information content (AvgIpc) is 2.97. The maximum absolute atomic E-state index is 13.6. The normalized spacial score (nSPS) is 12.4. The summed E-state index contributed by atoms with van der Waals surface area (Å²) in [6.07, 6.45) is 0. The zero-order chi connectivity index (χ0) is 20.5. The first-order valence-electron chi connectivity index (χ1n) is 8.74. The Morgan fingerprint density at radius 1 is 1.14 bits per heavy atom. The molecule has 146 valence electrons. The van der Waals surface area contributed by atoms with Crippen LogP contribution in [-0.2, 0) is 21.5 Å². The van der Waals surface area contributed by atoms with Crippen LogP contribution in [0, 0.1) is 5.82 Å². The van der Waals surface area contributed by atoms with Crippen LogP contribution >= 0.6 is 11.3 Å². The first-order chi connectivity index (χ1) is 13.2. The summed E-state index contributed by atoms with van der Waals surface area (Å²) in [6, 6.07) is 11.5. The van der Waals surface area contributed by atoms with Crippen molar-refractivity contribution in [2.75, 3.05) is 7.11 Å². The maximum atomic E-state index is 13.6. The molecule has 3 aromatic rings. The quantitative estimate of drug-likeness (QED) is 0.623. The van der Waals surface area contributed by atoms with Crippen LogP contribution in [0.15, 0.2) is 47.5 Å². The fourth-order valence-corrected chi connectivity index (χ4v) is 3.80. The molecule has 5 nitrogen and oxygen atoms in total. The van der Waals surface area contributed by atoms with E-state index in [1.54, 1.807) is 22.8 Å². The van der Waals surface area contributed by atoms with Crippen molar-refractivity contribution in [3.05, 3.63) is 64.2 Å². The first-order valence-corrected chi connectivity index (χ1v) is 9.56. The lowest BCUT2D eigenvalue weighted by atomic mass is 9.87. The highest BCUT2D eigenvalue weighted by Crippen LogP contribution is 2.22. The molecule has 1 heterocycles. The molecule has 28 heavy (non-hydrogen) atoms. The van der Waals surface area contributed by atoms with Crippen LogP contribution in [0.5, 0.6) is 0 Å². The average molecular weight is 400 g/mol. The molecule has 0 aliphatic heterocycles. The lowest BCUT2D eigenvalue weighted by molar-refractivity contribution is -0.141. The third-order valence-corrected chi connectivity index (χ3v) is 5.40. The number of thiazole rings is 1. The Kier molecular flexibility index (Phi) is 5.47. The number of nitrogens with zero attached hydrogens (tertiary/aromatic N) is 2. The highest BCUT2D eigenvalue weighted by atomic mass is 32.1. The second-order valence-electron chi connectivity index (χ2n) is 7.40. The van der Waals surface area contributed by atoms with Crippen molar-refractivity contribution >= 4 is 33.4 Å². The van der Waals surface area contributed by atoms with Crippen molar-refractivity contribution in [2.45, 2.75) is 32.7 Å². The number of rotatable bonds is 3. The summed E-state index contributed by atoms with van der Waals surface area (Å²) in [5, 5.41) is 0. The molecule has 0 spiro atoms. The van der Waals surface area contributed by atoms with Crippen molar-refractivity contribution in [1.29, 1.82) is 0 Å². The fraction of sp³-hybridized carbons (Fsp3) is 0.286.